The van der Waals surface area contributed by atoms with Crippen molar-refractivity contribution in [2.24, 2.45) is 0 Å². The lowest BCUT2D eigenvalue weighted by Crippen LogP contribution is -2.28. The highest BCUT2D eigenvalue weighted by atomic mass is 35.5. The molecule has 0 radical (unpaired) electrons. The van der Waals surface area contributed by atoms with Gasteiger partial charge in [-0.05, 0) is 30.8 Å². The number of thiocarbonyl (C=S) groups is 1. The number of hydrogen-bond acceptors (Lipinski definition) is 2. The van der Waals surface area contributed by atoms with Crippen molar-refractivity contribution in [1.29, 1.82) is 0 Å². The molecular formula is C11H15ClN2OS. The fourth-order valence-corrected chi connectivity index (χ4v) is 1.57. The van der Waals surface area contributed by atoms with Gasteiger partial charge in [0, 0.05) is 18.3 Å². The van der Waals surface area contributed by atoms with E-state index < -0.39 is 0 Å². The summed E-state index contributed by atoms with van der Waals surface area (Å²) in [5, 5.41) is 7.33. The Morgan fingerprint density at radius 1 is 1.50 bits per heavy atom. The normalized spacial score (nSPS) is 9.69. The molecule has 1 aromatic rings. The number of benzene rings is 1. The topological polar surface area (TPSA) is 33.3 Å². The van der Waals surface area contributed by atoms with Crippen LogP contribution in [0.25, 0.3) is 0 Å². The van der Waals surface area contributed by atoms with E-state index in [0.29, 0.717) is 15.9 Å². The van der Waals surface area contributed by atoms with Crippen molar-refractivity contribution in [2.75, 3.05) is 19.0 Å². The van der Waals surface area contributed by atoms with E-state index in [4.69, 9.17) is 28.6 Å². The van der Waals surface area contributed by atoms with Crippen LogP contribution >= 0.6 is 23.8 Å². The number of halogens is 1. The molecular weight excluding hydrogens is 244 g/mol. The molecule has 1 rings (SSSR count). The molecule has 0 spiro atoms. The van der Waals surface area contributed by atoms with Crippen molar-refractivity contribution in [3.8, 4) is 5.75 Å². The van der Waals surface area contributed by atoms with Gasteiger partial charge in [-0.25, -0.2) is 0 Å². The van der Waals surface area contributed by atoms with Crippen LogP contribution in [0, 0.1) is 0 Å². The summed E-state index contributed by atoms with van der Waals surface area (Å²) >= 11 is 11.0. The molecule has 0 saturated carbocycles. The predicted octanol–water partition coefficient (Wildman–Crippen LogP) is 3.05. The van der Waals surface area contributed by atoms with Gasteiger partial charge in [0.05, 0.1) is 12.1 Å². The molecule has 0 heterocycles. The molecule has 0 fully saturated rings. The summed E-state index contributed by atoms with van der Waals surface area (Å²) in [6.45, 7) is 2.94. The largest absolute Gasteiger partial charge is 0.495 e. The van der Waals surface area contributed by atoms with Gasteiger partial charge in [-0.3, -0.25) is 0 Å². The number of hydrogen-bond donors (Lipinski definition) is 2. The Labute approximate surface area is 106 Å². The van der Waals surface area contributed by atoms with Gasteiger partial charge in [-0.1, -0.05) is 18.5 Å². The Balaban J connectivity index is 2.63. The van der Waals surface area contributed by atoms with Gasteiger partial charge >= 0.3 is 0 Å². The average Bonchev–Trinajstić information content (AvgIpc) is 2.29. The van der Waals surface area contributed by atoms with Crippen LogP contribution in [0.5, 0.6) is 5.75 Å². The van der Waals surface area contributed by atoms with Crippen LogP contribution in [-0.2, 0) is 0 Å². The Bertz CT molecular complexity index is 371. The minimum Gasteiger partial charge on any atom is -0.495 e. The molecule has 0 atom stereocenters. The van der Waals surface area contributed by atoms with E-state index in [9.17, 15) is 0 Å². The van der Waals surface area contributed by atoms with Gasteiger partial charge in [0.25, 0.3) is 0 Å². The van der Waals surface area contributed by atoms with E-state index >= 15 is 0 Å². The Morgan fingerprint density at radius 2 is 2.25 bits per heavy atom. The molecule has 5 heteroatoms. The van der Waals surface area contributed by atoms with Crippen molar-refractivity contribution in [3.63, 3.8) is 0 Å². The van der Waals surface area contributed by atoms with Crippen LogP contribution in [-0.4, -0.2) is 18.8 Å². The van der Waals surface area contributed by atoms with E-state index in [1.807, 2.05) is 12.1 Å². The van der Waals surface area contributed by atoms with Crippen molar-refractivity contribution in [2.45, 2.75) is 13.3 Å². The molecule has 16 heavy (non-hydrogen) atoms. The maximum Gasteiger partial charge on any atom is 0.170 e. The van der Waals surface area contributed by atoms with Gasteiger partial charge in [-0.15, -0.1) is 0 Å². The minimum absolute atomic E-state index is 0.584. The highest BCUT2D eigenvalue weighted by Crippen LogP contribution is 2.27. The summed E-state index contributed by atoms with van der Waals surface area (Å²) in [7, 11) is 1.58. The molecule has 3 nitrogen and oxygen atoms in total. The van der Waals surface area contributed by atoms with Gasteiger partial charge < -0.3 is 15.4 Å². The average molecular weight is 259 g/mol. The summed E-state index contributed by atoms with van der Waals surface area (Å²) in [5.41, 5.74) is 0.856. The fourth-order valence-electron chi connectivity index (χ4n) is 1.15. The van der Waals surface area contributed by atoms with E-state index in [2.05, 4.69) is 17.6 Å². The maximum atomic E-state index is 5.92. The quantitative estimate of drug-likeness (QED) is 0.814. The Kier molecular flexibility index (Phi) is 5.35. The van der Waals surface area contributed by atoms with Crippen LogP contribution in [0.1, 0.15) is 13.3 Å². The Morgan fingerprint density at radius 3 is 2.88 bits per heavy atom. The second-order valence-corrected chi connectivity index (χ2v) is 4.05. The van der Waals surface area contributed by atoms with Gasteiger partial charge in [0.1, 0.15) is 5.75 Å². The summed E-state index contributed by atoms with van der Waals surface area (Å²) in [4.78, 5) is 0. The molecule has 0 unspecified atom stereocenters. The summed E-state index contributed by atoms with van der Waals surface area (Å²) in [6, 6.07) is 5.43. The van der Waals surface area contributed by atoms with Crippen LogP contribution in [0.3, 0.4) is 0 Å². The van der Waals surface area contributed by atoms with E-state index in [1.165, 1.54) is 0 Å². The number of rotatable bonds is 4. The summed E-state index contributed by atoms with van der Waals surface area (Å²) in [5.74, 6) is 0.630. The van der Waals surface area contributed by atoms with Crippen molar-refractivity contribution in [1.82, 2.24) is 5.32 Å². The smallest absolute Gasteiger partial charge is 0.170 e. The van der Waals surface area contributed by atoms with Gasteiger partial charge in [-0.2, -0.15) is 0 Å². The molecule has 0 aliphatic heterocycles. The van der Waals surface area contributed by atoms with Crippen molar-refractivity contribution >= 4 is 34.6 Å². The molecule has 0 amide bonds. The second kappa shape index (κ2) is 6.55. The third kappa shape index (κ3) is 3.87. The standard InChI is InChI=1S/C11H15ClN2OS/c1-3-6-13-11(16)14-8-4-5-9(12)10(7-8)15-2/h4-5,7H,3,6H2,1-2H3,(H2,13,14,16). The molecule has 0 aromatic heterocycles. The van der Waals surface area contributed by atoms with Crippen LogP contribution in [0.2, 0.25) is 5.02 Å². The first-order valence-corrected chi connectivity index (χ1v) is 5.84. The third-order valence-electron chi connectivity index (χ3n) is 1.94. The Hall–Kier alpha value is -1.00. The first kappa shape index (κ1) is 13.1. The zero-order valence-electron chi connectivity index (χ0n) is 9.34. The van der Waals surface area contributed by atoms with E-state index in [-0.39, 0.29) is 0 Å². The molecule has 1 aromatic carbocycles. The van der Waals surface area contributed by atoms with Gasteiger partial charge in [0.15, 0.2) is 5.11 Å². The highest BCUT2D eigenvalue weighted by Gasteiger charge is 2.02. The number of nitrogens with one attached hydrogen (secondary N) is 2. The fraction of sp³-hybridized carbons (Fsp3) is 0.364. The number of ether oxygens (including phenoxy) is 1. The SMILES string of the molecule is CCCNC(=S)Nc1ccc(Cl)c(OC)c1. The highest BCUT2D eigenvalue weighted by molar-refractivity contribution is 7.80. The summed E-state index contributed by atoms with van der Waals surface area (Å²) in [6.07, 6.45) is 1.03. The minimum atomic E-state index is 0.584. The zero-order valence-corrected chi connectivity index (χ0v) is 10.9. The number of methoxy groups -OCH3 is 1. The lowest BCUT2D eigenvalue weighted by molar-refractivity contribution is 0.415. The second-order valence-electron chi connectivity index (χ2n) is 3.23. The van der Waals surface area contributed by atoms with Crippen molar-refractivity contribution in [3.05, 3.63) is 23.2 Å². The first-order valence-electron chi connectivity index (χ1n) is 5.05. The molecule has 0 bridgehead atoms. The number of anilines is 1. The van der Waals surface area contributed by atoms with Crippen LogP contribution in [0.4, 0.5) is 5.69 Å². The van der Waals surface area contributed by atoms with E-state index in [0.717, 1.165) is 18.7 Å². The molecule has 2 N–H and O–H groups in total. The van der Waals surface area contributed by atoms with Crippen LogP contribution in [0.15, 0.2) is 18.2 Å². The lowest BCUT2D eigenvalue weighted by Gasteiger charge is -2.11. The lowest BCUT2D eigenvalue weighted by atomic mass is 10.3. The molecule has 0 aliphatic rings. The first-order chi connectivity index (χ1) is 7.67. The van der Waals surface area contributed by atoms with Gasteiger partial charge in [0.2, 0.25) is 0 Å². The maximum absolute atomic E-state index is 5.92. The molecule has 0 aliphatic carbocycles. The summed E-state index contributed by atoms with van der Waals surface area (Å²) < 4.78 is 5.11. The zero-order chi connectivity index (χ0) is 12.0. The van der Waals surface area contributed by atoms with Crippen molar-refractivity contribution < 1.29 is 4.74 Å². The monoisotopic (exact) mass is 258 g/mol. The predicted molar refractivity (Wildman–Crippen MR) is 72.5 cm³/mol. The van der Waals surface area contributed by atoms with Crippen LogP contribution < -0.4 is 15.4 Å². The molecule has 0 saturated heterocycles. The van der Waals surface area contributed by atoms with E-state index in [1.54, 1.807) is 13.2 Å². The third-order valence-corrected chi connectivity index (χ3v) is 2.50. The molecule has 88 valence electrons.